The van der Waals surface area contributed by atoms with Crippen LogP contribution < -0.4 is 9.62 Å². The first-order valence-electron chi connectivity index (χ1n) is 12.0. The number of carbonyl (C=O) groups is 2. The zero-order valence-corrected chi connectivity index (χ0v) is 22.8. The van der Waals surface area contributed by atoms with Gasteiger partial charge >= 0.3 is 0 Å². The van der Waals surface area contributed by atoms with E-state index >= 15 is 0 Å². The Bertz CT molecular complexity index is 1140. The lowest BCUT2D eigenvalue weighted by molar-refractivity contribution is -0.140. The minimum absolute atomic E-state index is 0.0405. The molecule has 1 N–H and O–H groups in total. The average molecular weight is 502 g/mol. The molecule has 0 saturated carbocycles. The molecule has 7 nitrogen and oxygen atoms in total. The molecule has 0 aliphatic rings. The Morgan fingerprint density at radius 1 is 0.943 bits per heavy atom. The van der Waals surface area contributed by atoms with E-state index in [0.717, 1.165) is 22.3 Å². The number of nitrogens with zero attached hydrogens (tertiary/aromatic N) is 2. The molecule has 0 unspecified atom stereocenters. The van der Waals surface area contributed by atoms with E-state index in [4.69, 9.17) is 0 Å². The van der Waals surface area contributed by atoms with Crippen LogP contribution in [0, 0.1) is 20.8 Å². The molecule has 0 radical (unpaired) electrons. The van der Waals surface area contributed by atoms with Crippen molar-refractivity contribution < 1.29 is 18.0 Å². The molecule has 8 heteroatoms. The van der Waals surface area contributed by atoms with Gasteiger partial charge in [-0.2, -0.15) is 0 Å². The summed E-state index contributed by atoms with van der Waals surface area (Å²) in [6.07, 6.45) is 1.64. The Hall–Kier alpha value is -2.87. The van der Waals surface area contributed by atoms with Crippen LogP contribution in [-0.4, -0.2) is 50.0 Å². The maximum Gasteiger partial charge on any atom is 0.242 e. The lowest BCUT2D eigenvalue weighted by Gasteiger charge is -2.30. The number of hydrogen-bond acceptors (Lipinski definition) is 4. The van der Waals surface area contributed by atoms with Crippen LogP contribution in [0.1, 0.15) is 55.9 Å². The molecule has 35 heavy (non-hydrogen) atoms. The number of aryl methyl sites for hydroxylation is 2. The van der Waals surface area contributed by atoms with Gasteiger partial charge in [0.1, 0.15) is 6.04 Å². The summed E-state index contributed by atoms with van der Waals surface area (Å²) in [5.74, 6) is -0.399. The van der Waals surface area contributed by atoms with Crippen molar-refractivity contribution in [3.05, 3.63) is 64.7 Å². The third-order valence-electron chi connectivity index (χ3n) is 6.20. The van der Waals surface area contributed by atoms with Gasteiger partial charge in [-0.3, -0.25) is 13.9 Å². The molecule has 0 saturated heterocycles. The van der Waals surface area contributed by atoms with E-state index in [1.807, 2.05) is 71.0 Å². The summed E-state index contributed by atoms with van der Waals surface area (Å²) in [7, 11) is -3.53. The molecule has 0 aliphatic carbocycles. The van der Waals surface area contributed by atoms with Crippen molar-refractivity contribution >= 4 is 27.5 Å². The van der Waals surface area contributed by atoms with Crippen molar-refractivity contribution in [1.29, 1.82) is 0 Å². The predicted molar refractivity (Wildman–Crippen MR) is 142 cm³/mol. The number of amides is 2. The highest BCUT2D eigenvalue weighted by molar-refractivity contribution is 7.92. The summed E-state index contributed by atoms with van der Waals surface area (Å²) in [4.78, 5) is 27.7. The van der Waals surface area contributed by atoms with Gasteiger partial charge in [-0.1, -0.05) is 36.4 Å². The Labute approximate surface area is 210 Å². The number of carbonyl (C=O) groups excluding carboxylic acids is 2. The minimum atomic E-state index is -3.53. The van der Waals surface area contributed by atoms with Crippen LogP contribution in [0.3, 0.4) is 0 Å². The van der Waals surface area contributed by atoms with Crippen molar-refractivity contribution in [3.8, 4) is 0 Å². The summed E-state index contributed by atoms with van der Waals surface area (Å²) in [5.41, 5.74) is 4.53. The summed E-state index contributed by atoms with van der Waals surface area (Å²) < 4.78 is 26.5. The van der Waals surface area contributed by atoms with Crippen molar-refractivity contribution in [3.63, 3.8) is 0 Å². The largest absolute Gasteiger partial charge is 0.352 e. The molecule has 0 spiro atoms. The summed E-state index contributed by atoms with van der Waals surface area (Å²) in [6.45, 7) is 11.8. The quantitative estimate of drug-likeness (QED) is 0.502. The number of nitrogens with one attached hydrogen (secondary N) is 1. The van der Waals surface area contributed by atoms with E-state index in [1.165, 1.54) is 10.6 Å². The number of anilines is 1. The van der Waals surface area contributed by atoms with E-state index in [1.54, 1.807) is 17.9 Å². The lowest BCUT2D eigenvalue weighted by Crippen LogP contribution is -2.49. The number of hydrogen-bond donors (Lipinski definition) is 1. The van der Waals surface area contributed by atoms with Gasteiger partial charge in [0.25, 0.3) is 0 Å². The van der Waals surface area contributed by atoms with Gasteiger partial charge in [0.2, 0.25) is 21.8 Å². The fourth-order valence-corrected chi connectivity index (χ4v) is 4.96. The highest BCUT2D eigenvalue weighted by Gasteiger charge is 2.27. The third kappa shape index (κ3) is 7.82. The van der Waals surface area contributed by atoms with E-state index < -0.39 is 16.1 Å². The fraction of sp³-hybridized carbons (Fsp3) is 0.481. The Morgan fingerprint density at radius 3 is 2.17 bits per heavy atom. The lowest BCUT2D eigenvalue weighted by atomic mass is 10.1. The Morgan fingerprint density at radius 2 is 1.57 bits per heavy atom. The highest BCUT2D eigenvalue weighted by Crippen LogP contribution is 2.25. The highest BCUT2D eigenvalue weighted by atomic mass is 32.2. The second-order valence-electron chi connectivity index (χ2n) is 9.45. The molecule has 2 aromatic rings. The average Bonchev–Trinajstić information content (AvgIpc) is 2.76. The topological polar surface area (TPSA) is 86.8 Å². The van der Waals surface area contributed by atoms with E-state index in [-0.39, 0.29) is 30.8 Å². The molecule has 2 aromatic carbocycles. The molecular weight excluding hydrogens is 462 g/mol. The maximum atomic E-state index is 13.4. The van der Waals surface area contributed by atoms with Crippen molar-refractivity contribution in [2.24, 2.45) is 0 Å². The summed E-state index contributed by atoms with van der Waals surface area (Å²) >= 11 is 0. The normalized spacial score (nSPS) is 12.3. The monoisotopic (exact) mass is 501 g/mol. The van der Waals surface area contributed by atoms with Gasteiger partial charge in [-0.25, -0.2) is 8.42 Å². The van der Waals surface area contributed by atoms with Crippen molar-refractivity contribution in [2.45, 2.75) is 73.0 Å². The van der Waals surface area contributed by atoms with Crippen molar-refractivity contribution in [2.75, 3.05) is 17.1 Å². The molecule has 192 valence electrons. The SMILES string of the molecule is Cc1ccccc1CN(C(=O)CCCN(c1cccc(C)c1C)S(C)(=O)=O)[C@@H](C)C(=O)NC(C)C. The van der Waals surface area contributed by atoms with Crippen LogP contribution in [0.5, 0.6) is 0 Å². The molecule has 2 rings (SSSR count). The first-order chi connectivity index (χ1) is 16.3. The predicted octanol–water partition coefficient (Wildman–Crippen LogP) is 4.10. The van der Waals surface area contributed by atoms with Crippen LogP contribution in [0.25, 0.3) is 0 Å². The second kappa shape index (κ2) is 12.2. The first-order valence-corrected chi connectivity index (χ1v) is 13.9. The fourth-order valence-electron chi connectivity index (χ4n) is 3.95. The van der Waals surface area contributed by atoms with Gasteiger partial charge in [0.15, 0.2) is 0 Å². The number of rotatable bonds is 11. The summed E-state index contributed by atoms with van der Waals surface area (Å²) in [5, 5.41) is 2.89. The molecule has 0 aliphatic heterocycles. The second-order valence-corrected chi connectivity index (χ2v) is 11.4. The van der Waals surface area contributed by atoms with Gasteiger partial charge < -0.3 is 10.2 Å². The van der Waals surface area contributed by atoms with Gasteiger partial charge in [0.05, 0.1) is 11.9 Å². The molecular formula is C27H39N3O4S. The molecule has 0 heterocycles. The smallest absolute Gasteiger partial charge is 0.242 e. The molecule has 1 atom stereocenters. The van der Waals surface area contributed by atoms with Crippen LogP contribution in [0.4, 0.5) is 5.69 Å². The first kappa shape index (κ1) is 28.4. The standard InChI is InChI=1S/C27H39N3O4S/c1-19(2)28-27(32)23(6)29(18-24-14-9-8-12-21(24)4)26(31)16-11-17-30(35(7,33)34)25-15-10-13-20(3)22(25)5/h8-10,12-15,19,23H,11,16-18H2,1-7H3,(H,28,32)/t23-/m0/s1. The molecule has 0 aromatic heterocycles. The van der Waals surface area contributed by atoms with E-state index in [0.29, 0.717) is 18.7 Å². The third-order valence-corrected chi connectivity index (χ3v) is 7.38. The summed E-state index contributed by atoms with van der Waals surface area (Å²) in [6, 6.07) is 12.6. The number of sulfonamides is 1. The Kier molecular flexibility index (Phi) is 9.89. The number of benzene rings is 2. The van der Waals surface area contributed by atoms with E-state index in [9.17, 15) is 18.0 Å². The molecule has 0 fully saturated rings. The van der Waals surface area contributed by atoms with Crippen molar-refractivity contribution in [1.82, 2.24) is 10.2 Å². The van der Waals surface area contributed by atoms with Gasteiger partial charge in [0, 0.05) is 25.6 Å². The molecule has 2 amide bonds. The van der Waals surface area contributed by atoms with Gasteiger partial charge in [-0.15, -0.1) is 0 Å². The Balaban J connectivity index is 2.22. The van der Waals surface area contributed by atoms with E-state index in [2.05, 4.69) is 5.32 Å². The van der Waals surface area contributed by atoms with Crippen LogP contribution >= 0.6 is 0 Å². The maximum absolute atomic E-state index is 13.4. The zero-order valence-electron chi connectivity index (χ0n) is 22.0. The minimum Gasteiger partial charge on any atom is -0.352 e. The van der Waals surface area contributed by atoms with Crippen LogP contribution in [0.2, 0.25) is 0 Å². The molecule has 0 bridgehead atoms. The van der Waals surface area contributed by atoms with Crippen LogP contribution in [-0.2, 0) is 26.2 Å². The van der Waals surface area contributed by atoms with Crippen LogP contribution in [0.15, 0.2) is 42.5 Å². The zero-order chi connectivity index (χ0) is 26.3. The van der Waals surface area contributed by atoms with Gasteiger partial charge in [-0.05, 0) is 76.3 Å².